The summed E-state index contributed by atoms with van der Waals surface area (Å²) < 4.78 is 23.1. The fourth-order valence-corrected chi connectivity index (χ4v) is 4.37. The van der Waals surface area contributed by atoms with E-state index in [-0.39, 0.29) is 5.54 Å². The van der Waals surface area contributed by atoms with Gasteiger partial charge < -0.3 is 0 Å². The molecule has 0 N–H and O–H groups in total. The molecule has 0 spiro atoms. The monoisotopic (exact) mass is 289 g/mol. The van der Waals surface area contributed by atoms with Crippen LogP contribution in [0.2, 0.25) is 0 Å². The van der Waals surface area contributed by atoms with Crippen LogP contribution in [0.4, 0.5) is 0 Å². The van der Waals surface area contributed by atoms with Gasteiger partial charge in [-0.05, 0) is 19.8 Å². The Morgan fingerprint density at radius 3 is 2.11 bits per heavy atom. The van der Waals surface area contributed by atoms with Crippen molar-refractivity contribution in [3.8, 4) is 0 Å². The van der Waals surface area contributed by atoms with Crippen molar-refractivity contribution in [2.75, 3.05) is 24.6 Å². The molecule has 0 radical (unpaired) electrons. The number of sulfone groups is 1. The van der Waals surface area contributed by atoms with Crippen molar-refractivity contribution in [3.63, 3.8) is 0 Å². The van der Waals surface area contributed by atoms with Crippen molar-refractivity contribution in [2.24, 2.45) is 0 Å². The van der Waals surface area contributed by atoms with Crippen molar-refractivity contribution in [2.45, 2.75) is 71.3 Å². The molecule has 0 aliphatic carbocycles. The summed E-state index contributed by atoms with van der Waals surface area (Å²) in [5, 5.41) is 0. The second-order valence-electron chi connectivity index (χ2n) is 6.20. The Labute approximate surface area is 119 Å². The van der Waals surface area contributed by atoms with Gasteiger partial charge in [-0.2, -0.15) is 0 Å². The molecule has 0 aromatic heterocycles. The second kappa shape index (κ2) is 7.63. The van der Waals surface area contributed by atoms with Crippen LogP contribution < -0.4 is 0 Å². The summed E-state index contributed by atoms with van der Waals surface area (Å²) in [4.78, 5) is 2.43. The van der Waals surface area contributed by atoms with E-state index in [0.29, 0.717) is 11.5 Å². The van der Waals surface area contributed by atoms with E-state index >= 15 is 0 Å². The second-order valence-corrected chi connectivity index (χ2v) is 8.50. The van der Waals surface area contributed by atoms with Gasteiger partial charge in [0.15, 0.2) is 9.84 Å². The highest BCUT2D eigenvalue weighted by Gasteiger charge is 2.34. The first kappa shape index (κ1) is 17.0. The van der Waals surface area contributed by atoms with Gasteiger partial charge in [0.25, 0.3) is 0 Å². The van der Waals surface area contributed by atoms with E-state index in [9.17, 15) is 8.42 Å². The smallest absolute Gasteiger partial charge is 0.152 e. The molecule has 114 valence electrons. The van der Waals surface area contributed by atoms with E-state index in [1.54, 1.807) is 0 Å². The largest absolute Gasteiger partial charge is 0.296 e. The average molecular weight is 289 g/mol. The molecule has 3 nitrogen and oxygen atoms in total. The summed E-state index contributed by atoms with van der Waals surface area (Å²) in [5.41, 5.74) is 0.207. The van der Waals surface area contributed by atoms with Gasteiger partial charge in [-0.3, -0.25) is 4.90 Å². The molecule has 4 heteroatoms. The molecule has 0 saturated carbocycles. The summed E-state index contributed by atoms with van der Waals surface area (Å²) in [6, 6.07) is 0. The Hall–Kier alpha value is -0.0900. The van der Waals surface area contributed by atoms with Crippen LogP contribution in [0.3, 0.4) is 0 Å². The van der Waals surface area contributed by atoms with Crippen molar-refractivity contribution in [1.29, 1.82) is 0 Å². The predicted octanol–water partition coefficient (Wildman–Crippen LogP) is 3.25. The van der Waals surface area contributed by atoms with Crippen molar-refractivity contribution < 1.29 is 8.42 Å². The minimum Gasteiger partial charge on any atom is -0.296 e. The van der Waals surface area contributed by atoms with Gasteiger partial charge in [0.2, 0.25) is 0 Å². The molecular weight excluding hydrogens is 258 g/mol. The number of hydrogen-bond donors (Lipinski definition) is 0. The Morgan fingerprint density at radius 2 is 1.58 bits per heavy atom. The first-order chi connectivity index (χ1) is 8.93. The molecular formula is C15H31NO2S. The molecule has 1 aliphatic heterocycles. The molecule has 1 aliphatic rings. The first-order valence-electron chi connectivity index (χ1n) is 7.89. The van der Waals surface area contributed by atoms with Crippen molar-refractivity contribution in [1.82, 2.24) is 4.90 Å². The molecule has 1 atom stereocenters. The zero-order chi connectivity index (χ0) is 14.4. The highest BCUT2D eigenvalue weighted by molar-refractivity contribution is 7.91. The highest BCUT2D eigenvalue weighted by Crippen LogP contribution is 2.29. The predicted molar refractivity (Wildman–Crippen MR) is 82.3 cm³/mol. The molecule has 1 unspecified atom stereocenters. The van der Waals surface area contributed by atoms with Gasteiger partial charge >= 0.3 is 0 Å². The summed E-state index contributed by atoms with van der Waals surface area (Å²) in [6.45, 7) is 8.26. The number of unbranched alkanes of at least 4 members (excludes halogenated alkanes) is 3. The van der Waals surface area contributed by atoms with Crippen LogP contribution in [0.15, 0.2) is 0 Å². The third-order valence-corrected chi connectivity index (χ3v) is 6.07. The molecule has 0 bridgehead atoms. The van der Waals surface area contributed by atoms with Crippen molar-refractivity contribution in [3.05, 3.63) is 0 Å². The summed E-state index contributed by atoms with van der Waals surface area (Å²) in [5.74, 6) is 0.697. The van der Waals surface area contributed by atoms with E-state index in [1.807, 2.05) is 0 Å². The maximum atomic E-state index is 11.6. The molecule has 1 rings (SSSR count). The normalized spacial score (nSPS) is 23.1. The zero-order valence-corrected chi connectivity index (χ0v) is 13.8. The maximum absolute atomic E-state index is 11.6. The standard InChI is InChI=1S/C15H31NO2S/c1-4-6-7-8-10-15(3,9-5-2)16-11-13-19(17,18)14-12-16/h4-14H2,1-3H3. The van der Waals surface area contributed by atoms with E-state index in [2.05, 4.69) is 25.7 Å². The zero-order valence-electron chi connectivity index (χ0n) is 13.0. The lowest BCUT2D eigenvalue weighted by molar-refractivity contribution is 0.0914. The van der Waals surface area contributed by atoms with Gasteiger partial charge in [-0.25, -0.2) is 8.42 Å². The average Bonchev–Trinajstić information content (AvgIpc) is 2.35. The van der Waals surface area contributed by atoms with Gasteiger partial charge in [0.05, 0.1) is 11.5 Å². The minimum absolute atomic E-state index is 0.207. The minimum atomic E-state index is -2.76. The van der Waals surface area contributed by atoms with Crippen LogP contribution in [0.5, 0.6) is 0 Å². The Bertz CT molecular complexity index is 339. The van der Waals surface area contributed by atoms with Crippen LogP contribution in [0, 0.1) is 0 Å². The summed E-state index contributed by atoms with van der Waals surface area (Å²) in [6.07, 6.45) is 8.73. The number of rotatable bonds is 8. The van der Waals surface area contributed by atoms with E-state index < -0.39 is 9.84 Å². The quantitative estimate of drug-likeness (QED) is 0.644. The van der Waals surface area contributed by atoms with Crippen LogP contribution in [-0.4, -0.2) is 43.5 Å². The first-order valence-corrected chi connectivity index (χ1v) is 9.71. The Kier molecular flexibility index (Phi) is 6.81. The third kappa shape index (κ3) is 5.42. The van der Waals surface area contributed by atoms with E-state index in [0.717, 1.165) is 13.1 Å². The lowest BCUT2D eigenvalue weighted by Gasteiger charge is -2.43. The van der Waals surface area contributed by atoms with Crippen LogP contribution in [0.1, 0.15) is 65.7 Å². The fraction of sp³-hybridized carbons (Fsp3) is 1.00. The molecule has 1 fully saturated rings. The fourth-order valence-electron chi connectivity index (χ4n) is 3.16. The van der Waals surface area contributed by atoms with Crippen LogP contribution >= 0.6 is 0 Å². The van der Waals surface area contributed by atoms with Gasteiger partial charge in [-0.1, -0.05) is 46.0 Å². The van der Waals surface area contributed by atoms with E-state index in [4.69, 9.17) is 0 Å². The lowest BCUT2D eigenvalue weighted by Crippen LogP contribution is -2.53. The molecule has 1 heterocycles. The molecule has 19 heavy (non-hydrogen) atoms. The SMILES string of the molecule is CCCCCCC(C)(CCC)N1CCS(=O)(=O)CC1. The van der Waals surface area contributed by atoms with Crippen molar-refractivity contribution >= 4 is 9.84 Å². The molecule has 0 aromatic carbocycles. The number of hydrogen-bond acceptors (Lipinski definition) is 3. The topological polar surface area (TPSA) is 37.4 Å². The Morgan fingerprint density at radius 1 is 0.947 bits per heavy atom. The van der Waals surface area contributed by atoms with Gasteiger partial charge in [-0.15, -0.1) is 0 Å². The molecule has 0 aromatic rings. The number of nitrogens with zero attached hydrogens (tertiary/aromatic N) is 1. The van der Waals surface area contributed by atoms with Gasteiger partial charge in [0, 0.05) is 18.6 Å². The summed E-state index contributed by atoms with van der Waals surface area (Å²) >= 11 is 0. The lowest BCUT2D eigenvalue weighted by atomic mass is 9.87. The van der Waals surface area contributed by atoms with Crippen LogP contribution in [-0.2, 0) is 9.84 Å². The van der Waals surface area contributed by atoms with Crippen LogP contribution in [0.25, 0.3) is 0 Å². The summed E-state index contributed by atoms with van der Waals surface area (Å²) in [7, 11) is -2.76. The van der Waals surface area contributed by atoms with Gasteiger partial charge in [0.1, 0.15) is 0 Å². The third-order valence-electron chi connectivity index (χ3n) is 4.47. The highest BCUT2D eigenvalue weighted by atomic mass is 32.2. The molecule has 0 amide bonds. The molecule has 1 saturated heterocycles. The maximum Gasteiger partial charge on any atom is 0.152 e. The Balaban J connectivity index is 2.54. The van der Waals surface area contributed by atoms with E-state index in [1.165, 1.54) is 44.9 Å².